The van der Waals surface area contributed by atoms with Crippen molar-refractivity contribution in [1.82, 2.24) is 9.38 Å². The molecule has 86 valence electrons. The third-order valence-electron chi connectivity index (χ3n) is 2.65. The van der Waals surface area contributed by atoms with Gasteiger partial charge in [-0.05, 0) is 23.6 Å². The van der Waals surface area contributed by atoms with E-state index in [1.165, 1.54) is 6.07 Å². The Labute approximate surface area is 101 Å². The van der Waals surface area contributed by atoms with E-state index in [1.807, 2.05) is 17.5 Å². The number of aromatic nitrogens is 2. The third kappa shape index (κ3) is 1.55. The minimum Gasteiger partial charge on any atom is -0.325 e. The number of nitrogens with two attached hydrogens (primary N) is 1. The number of imidazole rings is 1. The molecule has 2 N–H and O–H groups in total. The van der Waals surface area contributed by atoms with Gasteiger partial charge in [0.15, 0.2) is 11.5 Å². The number of hydrogen-bond acceptors (Lipinski definition) is 3. The van der Waals surface area contributed by atoms with Gasteiger partial charge in [0.1, 0.15) is 5.69 Å². The fourth-order valence-corrected chi connectivity index (χ4v) is 2.62. The summed E-state index contributed by atoms with van der Waals surface area (Å²) in [7, 11) is 0. The summed E-state index contributed by atoms with van der Waals surface area (Å²) in [5, 5.41) is 1.97. The number of pyridine rings is 1. The molecule has 0 amide bonds. The second kappa shape index (κ2) is 3.94. The zero-order valence-corrected chi connectivity index (χ0v) is 9.75. The summed E-state index contributed by atoms with van der Waals surface area (Å²) >= 11 is 1.57. The van der Waals surface area contributed by atoms with Gasteiger partial charge in [-0.25, -0.2) is 9.37 Å². The predicted octanol–water partition coefficient (Wildman–Crippen LogP) is 2.66. The fraction of sp³-hybridized carbons (Fsp3) is 0.0833. The molecule has 0 aliphatic rings. The molecule has 0 atom stereocenters. The minimum atomic E-state index is -0.329. The van der Waals surface area contributed by atoms with Gasteiger partial charge in [0.2, 0.25) is 0 Å². The van der Waals surface area contributed by atoms with Gasteiger partial charge in [-0.1, -0.05) is 6.07 Å². The van der Waals surface area contributed by atoms with Crippen molar-refractivity contribution >= 4 is 17.0 Å². The maximum atomic E-state index is 13.6. The first-order valence-electron chi connectivity index (χ1n) is 5.20. The summed E-state index contributed by atoms with van der Waals surface area (Å²) in [6.07, 6.45) is 1.78. The summed E-state index contributed by atoms with van der Waals surface area (Å²) < 4.78 is 15.3. The second-order valence-electron chi connectivity index (χ2n) is 3.64. The van der Waals surface area contributed by atoms with Gasteiger partial charge in [0.25, 0.3) is 0 Å². The SMILES string of the molecule is NCc1c(-c2cccs2)nc2c(F)cccn12. The zero-order chi connectivity index (χ0) is 11.8. The van der Waals surface area contributed by atoms with E-state index in [0.717, 1.165) is 16.3 Å². The van der Waals surface area contributed by atoms with Gasteiger partial charge < -0.3 is 5.73 Å². The monoisotopic (exact) mass is 247 g/mol. The number of thiophene rings is 1. The third-order valence-corrected chi connectivity index (χ3v) is 3.53. The van der Waals surface area contributed by atoms with Crippen LogP contribution < -0.4 is 5.73 Å². The van der Waals surface area contributed by atoms with Crippen LogP contribution in [0.5, 0.6) is 0 Å². The molecular formula is C12H10FN3S. The highest BCUT2D eigenvalue weighted by atomic mass is 32.1. The van der Waals surface area contributed by atoms with Crippen LogP contribution in [0.2, 0.25) is 0 Å². The lowest BCUT2D eigenvalue weighted by Crippen LogP contribution is -2.02. The number of nitrogens with zero attached hydrogens (tertiary/aromatic N) is 2. The van der Waals surface area contributed by atoms with E-state index < -0.39 is 0 Å². The van der Waals surface area contributed by atoms with Gasteiger partial charge in [0.05, 0.1) is 10.6 Å². The standard InChI is InChI=1S/C12H10FN3S/c13-8-3-1-5-16-9(7-14)11(15-12(8)16)10-4-2-6-17-10/h1-6H,7,14H2. The van der Waals surface area contributed by atoms with Crippen LogP contribution in [0.15, 0.2) is 35.8 Å². The van der Waals surface area contributed by atoms with Gasteiger partial charge >= 0.3 is 0 Å². The Morgan fingerprint density at radius 1 is 1.35 bits per heavy atom. The Morgan fingerprint density at radius 3 is 2.94 bits per heavy atom. The summed E-state index contributed by atoms with van der Waals surface area (Å²) in [6, 6.07) is 6.96. The Morgan fingerprint density at radius 2 is 2.24 bits per heavy atom. The fourth-order valence-electron chi connectivity index (χ4n) is 1.89. The average molecular weight is 247 g/mol. The molecule has 0 saturated carbocycles. The van der Waals surface area contributed by atoms with Gasteiger partial charge in [0, 0.05) is 12.7 Å². The topological polar surface area (TPSA) is 43.3 Å². The Balaban J connectivity index is 2.36. The molecule has 0 fully saturated rings. The van der Waals surface area contributed by atoms with Crippen molar-refractivity contribution in [2.24, 2.45) is 5.73 Å². The molecule has 0 aliphatic heterocycles. The van der Waals surface area contributed by atoms with Crippen molar-refractivity contribution in [2.75, 3.05) is 0 Å². The minimum absolute atomic E-state index is 0.329. The van der Waals surface area contributed by atoms with Crippen molar-refractivity contribution in [3.05, 3.63) is 47.4 Å². The van der Waals surface area contributed by atoms with Gasteiger partial charge in [-0.3, -0.25) is 4.40 Å². The number of hydrogen-bond donors (Lipinski definition) is 1. The van der Waals surface area contributed by atoms with Crippen LogP contribution in [0, 0.1) is 5.82 Å². The molecule has 0 bridgehead atoms. The van der Waals surface area contributed by atoms with Crippen LogP contribution in [-0.4, -0.2) is 9.38 Å². The van der Waals surface area contributed by atoms with Crippen molar-refractivity contribution in [2.45, 2.75) is 6.54 Å². The molecule has 0 radical (unpaired) electrons. The lowest BCUT2D eigenvalue weighted by molar-refractivity contribution is 0.629. The maximum absolute atomic E-state index is 13.6. The molecule has 3 heterocycles. The molecule has 3 nitrogen and oxygen atoms in total. The van der Waals surface area contributed by atoms with Crippen molar-refractivity contribution in [1.29, 1.82) is 0 Å². The molecule has 0 aromatic carbocycles. The molecule has 17 heavy (non-hydrogen) atoms. The average Bonchev–Trinajstić information content (AvgIpc) is 2.95. The number of rotatable bonds is 2. The zero-order valence-electron chi connectivity index (χ0n) is 8.93. The molecule has 3 aromatic heterocycles. The van der Waals surface area contributed by atoms with Crippen molar-refractivity contribution < 1.29 is 4.39 Å². The Bertz CT molecular complexity index is 658. The second-order valence-corrected chi connectivity index (χ2v) is 4.59. The largest absolute Gasteiger partial charge is 0.325 e. The van der Waals surface area contributed by atoms with Crippen molar-refractivity contribution in [3.8, 4) is 10.6 Å². The Kier molecular flexibility index (Phi) is 2.42. The molecule has 0 unspecified atom stereocenters. The maximum Gasteiger partial charge on any atom is 0.174 e. The summed E-state index contributed by atoms with van der Waals surface area (Å²) in [4.78, 5) is 5.35. The van der Waals surface area contributed by atoms with E-state index >= 15 is 0 Å². The van der Waals surface area contributed by atoms with Gasteiger partial charge in [-0.2, -0.15) is 0 Å². The van der Waals surface area contributed by atoms with Crippen LogP contribution >= 0.6 is 11.3 Å². The van der Waals surface area contributed by atoms with Gasteiger partial charge in [-0.15, -0.1) is 11.3 Å². The van der Waals surface area contributed by atoms with E-state index in [1.54, 1.807) is 28.0 Å². The molecule has 3 rings (SSSR count). The van der Waals surface area contributed by atoms with E-state index in [-0.39, 0.29) is 5.82 Å². The molecule has 0 aliphatic carbocycles. The Hall–Kier alpha value is -1.72. The lowest BCUT2D eigenvalue weighted by Gasteiger charge is -1.99. The highest BCUT2D eigenvalue weighted by molar-refractivity contribution is 7.13. The highest BCUT2D eigenvalue weighted by Gasteiger charge is 2.15. The molecule has 0 saturated heterocycles. The summed E-state index contributed by atoms with van der Waals surface area (Å²) in [5.41, 5.74) is 7.67. The number of fused-ring (bicyclic) bond motifs is 1. The van der Waals surface area contributed by atoms with Crippen LogP contribution in [-0.2, 0) is 6.54 Å². The van der Waals surface area contributed by atoms with E-state index in [4.69, 9.17) is 5.73 Å². The van der Waals surface area contributed by atoms with E-state index in [0.29, 0.717) is 12.2 Å². The molecule has 5 heteroatoms. The molecule has 3 aromatic rings. The normalized spacial score (nSPS) is 11.2. The van der Waals surface area contributed by atoms with Crippen LogP contribution in [0.25, 0.3) is 16.2 Å². The van der Waals surface area contributed by atoms with Crippen LogP contribution in [0.4, 0.5) is 4.39 Å². The van der Waals surface area contributed by atoms with E-state index in [2.05, 4.69) is 4.98 Å². The summed E-state index contributed by atoms with van der Waals surface area (Å²) in [5.74, 6) is -0.329. The predicted molar refractivity (Wildman–Crippen MR) is 66.4 cm³/mol. The van der Waals surface area contributed by atoms with Crippen LogP contribution in [0.3, 0.4) is 0 Å². The first-order valence-corrected chi connectivity index (χ1v) is 6.08. The first kappa shape index (κ1) is 10.4. The van der Waals surface area contributed by atoms with Crippen LogP contribution in [0.1, 0.15) is 5.69 Å². The summed E-state index contributed by atoms with van der Waals surface area (Å²) in [6.45, 7) is 0.331. The smallest absolute Gasteiger partial charge is 0.174 e. The molecular weight excluding hydrogens is 237 g/mol. The quantitative estimate of drug-likeness (QED) is 0.756. The number of halogens is 1. The first-order chi connectivity index (χ1) is 8.31. The highest BCUT2D eigenvalue weighted by Crippen LogP contribution is 2.28. The molecule has 0 spiro atoms. The lowest BCUT2D eigenvalue weighted by atomic mass is 10.3. The van der Waals surface area contributed by atoms with E-state index in [9.17, 15) is 4.39 Å². The van der Waals surface area contributed by atoms with Crippen molar-refractivity contribution in [3.63, 3.8) is 0 Å².